The third-order valence-corrected chi connectivity index (χ3v) is 22.5. The Hall–Kier alpha value is -3.10. The second-order valence-corrected chi connectivity index (χ2v) is 29.2. The molecule has 0 aromatic carbocycles. The van der Waals surface area contributed by atoms with Gasteiger partial charge in [-0.25, -0.2) is 0 Å². The van der Waals surface area contributed by atoms with Gasteiger partial charge in [-0.15, -0.1) is 45.3 Å². The van der Waals surface area contributed by atoms with Gasteiger partial charge in [0.1, 0.15) is 0 Å². The molecule has 79 heavy (non-hydrogen) atoms. The summed E-state index contributed by atoms with van der Waals surface area (Å²) in [5, 5.41) is 6.56. The van der Waals surface area contributed by atoms with E-state index in [4.69, 9.17) is 9.31 Å². The molecule has 2 unspecified atom stereocenters. The van der Waals surface area contributed by atoms with Gasteiger partial charge in [0.25, 0.3) is 11.8 Å². The van der Waals surface area contributed by atoms with Crippen LogP contribution in [-0.4, -0.2) is 53.0 Å². The van der Waals surface area contributed by atoms with E-state index in [1.165, 1.54) is 165 Å². The first-order valence-electron chi connectivity index (χ1n) is 30.9. The zero-order valence-electron chi connectivity index (χ0n) is 50.5. The summed E-state index contributed by atoms with van der Waals surface area (Å²) in [5.41, 5.74) is 6.39. The average molecular weight is 1170 g/mol. The second kappa shape index (κ2) is 31.0. The zero-order valence-corrected chi connectivity index (χ0v) is 54.5. The summed E-state index contributed by atoms with van der Waals surface area (Å²) in [4.78, 5) is 42.5. The van der Waals surface area contributed by atoms with E-state index in [9.17, 15) is 0 Å². The summed E-state index contributed by atoms with van der Waals surface area (Å²) >= 11 is 8.76. The average Bonchev–Trinajstić information content (AvgIpc) is 4.35. The summed E-state index contributed by atoms with van der Waals surface area (Å²) in [5.74, 6) is 0.876. The highest BCUT2D eigenvalue weighted by Crippen LogP contribution is 2.51. The first-order chi connectivity index (χ1) is 38.1. The maximum Gasteiger partial charge on any atom is 0.505 e. The Balaban J connectivity index is 0.000000515. The number of unbranched alkanes of at least 4 members (excludes halogenated alkanes) is 16. The lowest BCUT2D eigenvalue weighted by Gasteiger charge is -2.32. The molecule has 0 bridgehead atoms. The summed E-state index contributed by atoms with van der Waals surface area (Å²) in [6.07, 6.45) is 29.6. The zero-order chi connectivity index (χ0) is 56.5. The van der Waals surface area contributed by atoms with Gasteiger partial charge in [-0.1, -0.05) is 156 Å². The predicted molar refractivity (Wildman–Crippen MR) is 347 cm³/mol. The van der Waals surface area contributed by atoms with Crippen LogP contribution in [0.15, 0.2) is 69.8 Å². The maximum atomic E-state index is 15.7. The molecule has 8 heterocycles. The minimum Gasteiger partial charge on any atom is -0.399 e. The minimum atomic E-state index is -0.241. The Bertz CT molecular complexity index is 2580. The van der Waals surface area contributed by atoms with Gasteiger partial charge in [0.15, 0.2) is 0 Å². The first-order valence-corrected chi connectivity index (χ1v) is 35.2. The van der Waals surface area contributed by atoms with E-state index >= 15 is 9.59 Å². The van der Waals surface area contributed by atoms with Gasteiger partial charge in [-0.2, -0.15) is 11.3 Å². The predicted octanol–water partition coefficient (Wildman–Crippen LogP) is 20.7. The van der Waals surface area contributed by atoms with Crippen LogP contribution in [0.3, 0.4) is 0 Å². The van der Waals surface area contributed by atoms with Gasteiger partial charge in [0.2, 0.25) is 0 Å². The number of hydrogen-bond donors (Lipinski definition) is 0. The molecule has 12 heteroatoms. The third-order valence-electron chi connectivity index (χ3n) is 16.8. The van der Waals surface area contributed by atoms with Crippen molar-refractivity contribution in [3.63, 3.8) is 0 Å². The molecule has 5 aromatic heterocycles. The lowest BCUT2D eigenvalue weighted by atomic mass is 9.87. The lowest BCUT2D eigenvalue weighted by molar-refractivity contribution is -0.124. The largest absolute Gasteiger partial charge is 0.505 e. The van der Waals surface area contributed by atoms with Crippen LogP contribution in [0, 0.1) is 32.6 Å². The Labute approximate surface area is 499 Å². The van der Waals surface area contributed by atoms with Crippen molar-refractivity contribution in [1.82, 2.24) is 9.80 Å². The fourth-order valence-corrected chi connectivity index (χ4v) is 16.4. The number of fused-ring (bicyclic) bond motifs is 1. The van der Waals surface area contributed by atoms with Crippen LogP contribution in [-0.2, 0) is 18.9 Å². The molecular formula is C67H97BN2O4S5. The van der Waals surface area contributed by atoms with E-state index in [1.807, 2.05) is 0 Å². The first kappa shape index (κ1) is 63.5. The van der Waals surface area contributed by atoms with E-state index < -0.39 is 0 Å². The highest BCUT2D eigenvalue weighted by atomic mass is 32.1. The van der Waals surface area contributed by atoms with E-state index in [-0.39, 0.29) is 30.1 Å². The molecule has 1 saturated heterocycles. The molecule has 0 aliphatic carbocycles. The van der Waals surface area contributed by atoms with E-state index in [1.54, 1.807) is 56.7 Å². The highest BCUT2D eigenvalue weighted by Gasteiger charge is 2.53. The number of hydrogen-bond acceptors (Lipinski definition) is 9. The number of nitrogens with zero attached hydrogens (tertiary/aromatic N) is 2. The van der Waals surface area contributed by atoms with Crippen LogP contribution in [0.2, 0.25) is 0 Å². The summed E-state index contributed by atoms with van der Waals surface area (Å²) in [6, 6.07) is 15.5. The Kier molecular flexibility index (Phi) is 24.9. The lowest BCUT2D eigenvalue weighted by Crippen LogP contribution is -2.41. The molecule has 8 rings (SSSR count). The van der Waals surface area contributed by atoms with Crippen molar-refractivity contribution < 1.29 is 18.9 Å². The van der Waals surface area contributed by atoms with E-state index in [0.717, 1.165) is 51.6 Å². The van der Waals surface area contributed by atoms with E-state index in [2.05, 4.69) is 145 Å². The van der Waals surface area contributed by atoms with Crippen LogP contribution in [0.5, 0.6) is 0 Å². The molecule has 5 aromatic rings. The maximum absolute atomic E-state index is 15.7. The topological polar surface area (TPSA) is 59.1 Å². The Morgan fingerprint density at radius 2 is 0.772 bits per heavy atom. The molecule has 0 spiro atoms. The van der Waals surface area contributed by atoms with Crippen LogP contribution in [0.4, 0.5) is 0 Å². The molecule has 0 saturated carbocycles. The van der Waals surface area contributed by atoms with Crippen molar-refractivity contribution in [2.75, 3.05) is 13.1 Å². The summed E-state index contributed by atoms with van der Waals surface area (Å²) in [7, 11) is -0.200. The van der Waals surface area contributed by atoms with Crippen molar-refractivity contribution in [2.45, 2.75) is 241 Å². The van der Waals surface area contributed by atoms with Crippen molar-refractivity contribution in [1.29, 1.82) is 0 Å². The van der Waals surface area contributed by atoms with Crippen molar-refractivity contribution >= 4 is 91.8 Å². The smallest absolute Gasteiger partial charge is 0.399 e. The number of aryl methyl sites for hydroxylation is 3. The highest BCUT2D eigenvalue weighted by molar-refractivity contribution is 7.22. The molecule has 2 atom stereocenters. The summed E-state index contributed by atoms with van der Waals surface area (Å²) in [6.45, 7) is 25.2. The van der Waals surface area contributed by atoms with Crippen LogP contribution in [0.25, 0.3) is 30.9 Å². The van der Waals surface area contributed by atoms with Gasteiger partial charge in [0.05, 0.1) is 43.5 Å². The van der Waals surface area contributed by atoms with Crippen molar-refractivity contribution in [3.05, 3.63) is 96.2 Å². The second-order valence-electron chi connectivity index (χ2n) is 24.2. The number of thiophene rings is 5. The van der Waals surface area contributed by atoms with Crippen LogP contribution >= 0.6 is 56.7 Å². The molecule has 3 aliphatic heterocycles. The molecule has 432 valence electrons. The summed E-state index contributed by atoms with van der Waals surface area (Å²) < 4.78 is 13.1. The van der Waals surface area contributed by atoms with Crippen molar-refractivity contribution in [3.8, 4) is 19.5 Å². The number of carbonyl (C=O) groups is 2. The molecule has 0 radical (unpaired) electrons. The fourth-order valence-electron chi connectivity index (χ4n) is 11.4. The normalized spacial score (nSPS) is 16.7. The molecule has 1 fully saturated rings. The monoisotopic (exact) mass is 1160 g/mol. The SMILES string of the molecule is CCCCCCCCC(CCCCCC)CN1C(=O)C2=C(c3ccc(-c4cc(C)cs4)s3)N(CC(CCCCCC)CCCCCCCC)C(=O)C2=C1c1ccc(-c2cc(C)cs2)s1.Cc1csc(B2OC(C)(C)C(C)(C)O2)c1. The van der Waals surface area contributed by atoms with Gasteiger partial charge < -0.3 is 19.1 Å². The molecule has 0 N–H and O–H groups in total. The molecular weight excluding hydrogens is 1070 g/mol. The van der Waals surface area contributed by atoms with Gasteiger partial charge in [0, 0.05) is 37.4 Å². The molecule has 3 aliphatic rings. The van der Waals surface area contributed by atoms with Crippen LogP contribution < -0.4 is 4.78 Å². The molecule has 2 amide bonds. The van der Waals surface area contributed by atoms with Gasteiger partial charge >= 0.3 is 7.12 Å². The quantitative estimate of drug-likeness (QED) is 0.0310. The Morgan fingerprint density at radius 3 is 1.11 bits per heavy atom. The fraction of sp³-hybridized carbons (Fsp3) is 0.612. The Morgan fingerprint density at radius 1 is 0.443 bits per heavy atom. The molecule has 6 nitrogen and oxygen atoms in total. The number of amides is 2. The standard InChI is InChI=1S/C56H80N2O2S4.C11H17BO2S/c1-7-11-15-19-21-25-29-43(27-23-17-13-9-3)37-57-53(47-33-31-45(63-47)49-35-41(5)39-61-49)51-52(55(57)59)54(48-34-32-46(64-48)50-36-42(6)40-62-50)58(56(51)60)38-44(28-24-18-14-10-4)30-26-22-20-16-12-8-2;1-8-6-9(15-7-8)12-13-10(2,3)11(4,5)14-12/h31-36,39-40,43-44H,7-30,37-38H2,1-6H3;6-7H,1-5H3. The van der Waals surface area contributed by atoms with E-state index in [0.29, 0.717) is 36.1 Å². The number of carbonyl (C=O) groups excluding carboxylic acids is 2. The van der Waals surface area contributed by atoms with Gasteiger partial charge in [-0.3, -0.25) is 9.59 Å². The number of rotatable bonds is 33. The minimum absolute atomic E-state index is 0.0385. The third kappa shape index (κ3) is 17.0. The van der Waals surface area contributed by atoms with Gasteiger partial charge in [-0.05, 0) is 161 Å². The van der Waals surface area contributed by atoms with Crippen LogP contribution in [0.1, 0.15) is 236 Å². The van der Waals surface area contributed by atoms with Crippen molar-refractivity contribution in [2.24, 2.45) is 11.8 Å².